The molecule has 8 aromatic rings. The van der Waals surface area contributed by atoms with E-state index in [1.165, 1.54) is 84.3 Å². The first-order valence-corrected chi connectivity index (χ1v) is 42.8. The molecule has 0 spiro atoms. The number of rotatable bonds is 31. The van der Waals surface area contributed by atoms with Gasteiger partial charge in [-0.3, -0.25) is 38.9 Å². The highest BCUT2D eigenvalue weighted by molar-refractivity contribution is 9.09. The number of nitrogens with one attached hydrogen (secondary N) is 2. The van der Waals surface area contributed by atoms with E-state index in [-0.39, 0.29) is 102 Å². The quantitative estimate of drug-likeness (QED) is 0.0157. The molecule has 2 fully saturated rings. The number of H-pyrrole nitrogens is 1. The van der Waals surface area contributed by atoms with Crippen molar-refractivity contribution in [3.8, 4) is 63.2 Å². The van der Waals surface area contributed by atoms with Crippen LogP contribution >= 0.6 is 87.1 Å². The van der Waals surface area contributed by atoms with Crippen LogP contribution in [0.4, 0.5) is 17.6 Å². The number of pyridine rings is 2. The first kappa shape index (κ1) is 110. The zero-order valence-electron chi connectivity index (χ0n) is 73.0. The Bertz CT molecular complexity index is 4850. The van der Waals surface area contributed by atoms with Crippen LogP contribution in [0.5, 0.6) is 63.2 Å². The molecule has 7 N–H and O–H groups in total. The zero-order chi connectivity index (χ0) is 90.4. The molecule has 0 radical (unpaired) electrons. The lowest BCUT2D eigenvalue weighted by atomic mass is 9.97. The van der Waals surface area contributed by atoms with Crippen LogP contribution in [0.25, 0.3) is 0 Å². The highest BCUT2D eigenvalue weighted by atomic mass is 79.9. The number of aryl methyl sites for hydroxylation is 1. The number of aromatic nitrogens is 2. The van der Waals surface area contributed by atoms with Crippen molar-refractivity contribution >= 4 is 111 Å². The third kappa shape index (κ3) is 33.9. The smallest absolute Gasteiger partial charge is 0.387 e. The fourth-order valence-corrected chi connectivity index (χ4v) is 15.3. The molecule has 2 aliphatic carbocycles. The molecule has 6 aromatic carbocycles. The number of hydrogen-bond donors (Lipinski definition) is 3. The number of aliphatic hydroxyl groups excluding tert-OH is 1. The maximum absolute atomic E-state index is 13.3. The second-order valence-corrected chi connectivity index (χ2v) is 32.0. The number of hydrogen-bond acceptors (Lipinski definition) is 25. The maximum Gasteiger partial charge on any atom is 0.387 e. The number of carboxylic acids is 1. The molecular weight excluding hydrogens is 1890 g/mol. The van der Waals surface area contributed by atoms with Crippen molar-refractivity contribution in [1.29, 1.82) is 0 Å². The molecule has 129 heavy (non-hydrogen) atoms. The summed E-state index contributed by atoms with van der Waals surface area (Å²) in [5.41, 5.74) is 13.0. The normalized spacial score (nSPS) is 14.4. The Morgan fingerprint density at radius 2 is 0.884 bits per heavy atom. The van der Waals surface area contributed by atoms with Crippen LogP contribution in [-0.2, 0) is 98.1 Å². The number of fused-ring (bicyclic) bond motifs is 4. The van der Waals surface area contributed by atoms with Crippen molar-refractivity contribution in [3.63, 3.8) is 0 Å². The molecule has 4 aliphatic heterocycles. The summed E-state index contributed by atoms with van der Waals surface area (Å²) in [5.74, 6) is 4.70. The number of methoxy groups -OCH3 is 9. The van der Waals surface area contributed by atoms with Gasteiger partial charge >= 0.3 is 37.1 Å². The Balaban J connectivity index is 0.000000294. The summed E-state index contributed by atoms with van der Waals surface area (Å²) in [6.07, 6.45) is 12.4. The minimum atomic E-state index is -3.01. The topological polar surface area (TPSA) is 348 Å². The summed E-state index contributed by atoms with van der Waals surface area (Å²) in [6.45, 7) is 3.55. The first-order chi connectivity index (χ1) is 60.1. The lowest BCUT2D eigenvalue weighted by Gasteiger charge is -2.29. The summed E-state index contributed by atoms with van der Waals surface area (Å²) in [7, 11) is 14.2. The van der Waals surface area contributed by atoms with Gasteiger partial charge in [0.2, 0.25) is 0 Å². The number of ether oxygens (including phenoxy) is 14. The van der Waals surface area contributed by atoms with Gasteiger partial charge in [-0.25, -0.2) is 4.98 Å². The van der Waals surface area contributed by atoms with E-state index < -0.39 is 37.4 Å². The molecule has 14 rings (SSSR count). The average molecular weight is 2000 g/mol. The van der Waals surface area contributed by atoms with E-state index in [4.69, 9.17) is 108 Å². The lowest BCUT2D eigenvalue weighted by molar-refractivity contribution is -0.377. The Kier molecular flexibility index (Phi) is 47.4. The highest BCUT2D eigenvalue weighted by Gasteiger charge is 2.31. The minimum Gasteiger partial charge on any atom is -0.870 e. The van der Waals surface area contributed by atoms with Gasteiger partial charge in [0.25, 0.3) is 0 Å². The van der Waals surface area contributed by atoms with Gasteiger partial charge in [-0.15, -0.1) is 24.8 Å². The predicted octanol–water partition coefficient (Wildman–Crippen LogP) is 15.6. The van der Waals surface area contributed by atoms with Crippen LogP contribution < -0.4 is 62.4 Å². The van der Waals surface area contributed by atoms with E-state index in [0.29, 0.717) is 99.3 Å². The number of aliphatic carboxylic acids is 1. The van der Waals surface area contributed by atoms with Gasteiger partial charge in [-0.05, 0) is 210 Å². The van der Waals surface area contributed by atoms with Crippen LogP contribution in [0.15, 0.2) is 110 Å². The summed E-state index contributed by atoms with van der Waals surface area (Å²) in [4.78, 5) is 58.0. The summed E-state index contributed by atoms with van der Waals surface area (Å²) in [5, 5.41) is 24.4. The number of esters is 3. The Morgan fingerprint density at radius 1 is 0.496 bits per heavy atom. The Hall–Kier alpha value is -9.04. The average Bonchev–Trinajstić information content (AvgIpc) is 1.53. The van der Waals surface area contributed by atoms with E-state index in [2.05, 4.69) is 63.8 Å². The number of carbonyl (C=O) groups excluding carboxylic acids is 3. The molecule has 28 nitrogen and oxygen atoms in total. The number of alkyl halides is 5. The molecule has 2 saturated carbocycles. The van der Waals surface area contributed by atoms with Gasteiger partial charge in [0.1, 0.15) is 27.2 Å². The van der Waals surface area contributed by atoms with Gasteiger partial charge in [0.15, 0.2) is 69.9 Å². The number of nitrogens with zero attached hydrogens (tertiary/aromatic N) is 4. The van der Waals surface area contributed by atoms with Gasteiger partial charge < -0.3 is 92.8 Å². The molecule has 2 atom stereocenters. The largest absolute Gasteiger partial charge is 0.870 e. The number of aliphatic hydroxyl groups is 1. The molecule has 0 saturated heterocycles. The highest BCUT2D eigenvalue weighted by Crippen LogP contribution is 2.42. The van der Waals surface area contributed by atoms with E-state index in [1.54, 1.807) is 74.3 Å². The second kappa shape index (κ2) is 55.3. The zero-order valence-corrected chi connectivity index (χ0v) is 79.3. The number of aromatic amines is 1. The van der Waals surface area contributed by atoms with Crippen LogP contribution in [0.3, 0.4) is 0 Å². The van der Waals surface area contributed by atoms with E-state index in [0.717, 1.165) is 135 Å². The van der Waals surface area contributed by atoms with Crippen LogP contribution in [0.1, 0.15) is 110 Å². The fraction of sp³-hybridized carbons (Fsp3) is 0.444. The van der Waals surface area contributed by atoms with Crippen molar-refractivity contribution < 1.29 is 129 Å². The van der Waals surface area contributed by atoms with Crippen LogP contribution in [0.2, 0.25) is 20.1 Å². The van der Waals surface area contributed by atoms with Gasteiger partial charge in [-0.2, -0.15) is 17.6 Å². The number of halogens is 11. The van der Waals surface area contributed by atoms with Crippen LogP contribution in [0, 0.1) is 18.8 Å². The number of benzene rings is 6. The maximum atomic E-state index is 13.3. The summed E-state index contributed by atoms with van der Waals surface area (Å²) >= 11 is 27.9. The summed E-state index contributed by atoms with van der Waals surface area (Å²) in [6, 6.07) is 25.2. The van der Waals surface area contributed by atoms with Gasteiger partial charge in [0.05, 0.1) is 113 Å². The van der Waals surface area contributed by atoms with Crippen LogP contribution in [-0.4, -0.2) is 206 Å². The fourth-order valence-electron chi connectivity index (χ4n) is 14.0. The van der Waals surface area contributed by atoms with E-state index in [9.17, 15) is 41.8 Å². The molecule has 0 bridgehead atoms. The molecule has 6 heterocycles. The summed E-state index contributed by atoms with van der Waals surface area (Å²) < 4.78 is 124. The van der Waals surface area contributed by atoms with Gasteiger partial charge in [0, 0.05) is 76.6 Å². The molecule has 6 aliphatic rings. The number of carbonyl (C=O) groups is 4. The van der Waals surface area contributed by atoms with Crippen molar-refractivity contribution in [2.75, 3.05) is 128 Å². The standard InChI is InChI=1S/C31H32Cl2F2N2O5.C18H17Cl2F2NO3.C14H19NO4.C13H17NO4.C11H15NO2.C3H5BrO2.2ClH.2H2O/c1-18-9-20-7-8-37(15-22(20)11-27(18)39-2)16-30(38)41-28(12-23-24(32)13-36-14-25(23)33)21-5-6-26(42-31(34)35)29(10-21)40-17-19-3-4-19;19-13-7-23-8-14(20)12(13)6-15(24)11-3-4-16(26-18(21)22)17(5-11)25-9-10-1-2-10;1-17-12-6-10-4-5-15(9-14(16)19-3)8-11(10)7-13(12)18-2;1-17-11-5-9-3-4-14(8-13(15)16)7-10(9)6-12(11)18-2;1-13-10-5-8-3-4-12-7-9(8)6-11(10)14-2;1-6-3(5)2-4;;;;/h5-6,9-11,13-14,19,28,31H,3-4,7-8,12,15-17H2,1-2H3;3-5,7-8,10,15,18,24H,1-2,6,9H2;6-7H,4-5,8-9H2,1-3H3;5-6H,3-4,7-8H2,1-2H3,(H,15,16);5-6,12H,3-4,7H2,1-2H3;2H2,1H3;2*1H;2*1H2/t28-;15-;;;;;;;;/m00......../s1. The molecule has 710 valence electrons. The molecule has 39 heteroatoms. The predicted molar refractivity (Wildman–Crippen MR) is 485 cm³/mol. The SMILES string of the molecule is COC(=O)CBr.COC(=O)CN1CCc2cc(OC)c(OC)cc2C1.COc1cc2c(cc1C)CCN(CC(=O)O[C@@H](Cc1c(Cl)c[nH+]cc1Cl)c1ccc(OC(F)F)c(OCC3CC3)c1)C2.COc1cc2c(cc1OC)CN(CC(=O)O)CC2.COc1cc2c(cc1OC)CNCC2.Cl.Cl.O.O[C@@H](Cc1c(Cl)cncc1Cl)c1ccc(OC(F)F)c(OCC2CC2)c1.[OH-]. The van der Waals surface area contributed by atoms with Crippen molar-refractivity contribution in [3.05, 3.63) is 202 Å². The molecular formula is C90H111BrCl6F4N6O22. The van der Waals surface area contributed by atoms with Crippen molar-refractivity contribution in [2.24, 2.45) is 11.8 Å². The third-order valence-corrected chi connectivity index (χ3v) is 22.9. The number of carboxylic acid groups (broad SMARTS) is 1. The lowest BCUT2D eigenvalue weighted by Crippen LogP contribution is -2.36. The Labute approximate surface area is 788 Å². The Morgan fingerprint density at radius 3 is 1.29 bits per heavy atom. The van der Waals surface area contributed by atoms with Gasteiger partial charge in [-0.1, -0.05) is 80.5 Å². The monoisotopic (exact) mass is 1990 g/mol. The van der Waals surface area contributed by atoms with E-state index >= 15 is 0 Å². The molecule has 0 amide bonds. The van der Waals surface area contributed by atoms with E-state index in [1.807, 2.05) is 47.1 Å². The van der Waals surface area contributed by atoms with Crippen molar-refractivity contribution in [1.82, 2.24) is 25.0 Å². The van der Waals surface area contributed by atoms with Crippen molar-refractivity contribution in [2.45, 2.75) is 123 Å². The first-order valence-electron chi connectivity index (χ1n) is 40.2. The second-order valence-electron chi connectivity index (χ2n) is 29.8. The minimum absolute atomic E-state index is 0. The molecule has 2 aromatic heterocycles. The molecule has 0 unspecified atom stereocenters. The third-order valence-electron chi connectivity index (χ3n) is 21.1.